The highest BCUT2D eigenvalue weighted by Crippen LogP contribution is 2.35. The van der Waals surface area contributed by atoms with Crippen LogP contribution in [0, 0.1) is 5.82 Å². The fourth-order valence-electron chi connectivity index (χ4n) is 5.55. The number of fused-ring (bicyclic) bond motifs is 2. The van der Waals surface area contributed by atoms with Gasteiger partial charge in [0.1, 0.15) is 11.9 Å². The van der Waals surface area contributed by atoms with Crippen molar-refractivity contribution in [3.63, 3.8) is 0 Å². The Balaban J connectivity index is 1.15. The molecule has 2 N–H and O–H groups in total. The highest BCUT2D eigenvalue weighted by molar-refractivity contribution is 6.05. The van der Waals surface area contributed by atoms with Gasteiger partial charge in [-0.05, 0) is 54.5 Å². The first-order valence-corrected chi connectivity index (χ1v) is 12.1. The number of pyridine rings is 1. The first-order chi connectivity index (χ1) is 17.4. The maximum absolute atomic E-state index is 15.2. The van der Waals surface area contributed by atoms with Crippen molar-refractivity contribution in [2.24, 2.45) is 0 Å². The summed E-state index contributed by atoms with van der Waals surface area (Å²) in [4.78, 5) is 60.2. The first-order valence-electron chi connectivity index (χ1n) is 12.1. The number of piperidine rings is 2. The number of halogens is 1. The molecule has 5 heterocycles. The number of aromatic nitrogens is 2. The number of H-pyrrole nitrogens is 1. The van der Waals surface area contributed by atoms with E-state index in [-0.39, 0.29) is 42.7 Å². The van der Waals surface area contributed by atoms with Gasteiger partial charge < -0.3 is 14.8 Å². The Kier molecular flexibility index (Phi) is 5.31. The van der Waals surface area contributed by atoms with Gasteiger partial charge in [-0.25, -0.2) is 4.39 Å². The van der Waals surface area contributed by atoms with Crippen molar-refractivity contribution in [1.82, 2.24) is 25.1 Å². The third-order valence-corrected chi connectivity index (χ3v) is 7.51. The lowest BCUT2D eigenvalue weighted by Gasteiger charge is -2.32. The molecule has 1 unspecified atom stereocenters. The number of nitrogens with one attached hydrogen (secondary N) is 2. The Morgan fingerprint density at radius 2 is 1.89 bits per heavy atom. The molecule has 4 amide bonds. The van der Waals surface area contributed by atoms with Gasteiger partial charge in [-0.15, -0.1) is 0 Å². The van der Waals surface area contributed by atoms with E-state index in [1.807, 2.05) is 6.07 Å². The fourth-order valence-corrected chi connectivity index (χ4v) is 5.55. The van der Waals surface area contributed by atoms with E-state index in [1.54, 1.807) is 29.4 Å². The summed E-state index contributed by atoms with van der Waals surface area (Å²) in [5.41, 5.74) is 3.60. The van der Waals surface area contributed by atoms with Crippen molar-refractivity contribution >= 4 is 34.7 Å². The Morgan fingerprint density at radius 1 is 1.08 bits per heavy atom. The summed E-state index contributed by atoms with van der Waals surface area (Å²) < 4.78 is 15.2. The number of aromatic amines is 1. The minimum absolute atomic E-state index is 0.0804. The van der Waals surface area contributed by atoms with Crippen LogP contribution in [-0.2, 0) is 16.1 Å². The van der Waals surface area contributed by atoms with Crippen LogP contribution in [0.15, 0.2) is 36.7 Å². The number of hydrogen-bond acceptors (Lipinski definition) is 5. The molecule has 1 aromatic carbocycles. The maximum Gasteiger partial charge on any atom is 0.255 e. The Hall–Kier alpha value is -4.08. The lowest BCUT2D eigenvalue weighted by Crippen LogP contribution is -2.52. The predicted molar refractivity (Wildman–Crippen MR) is 126 cm³/mol. The molecule has 0 bridgehead atoms. The maximum atomic E-state index is 15.2. The van der Waals surface area contributed by atoms with Gasteiger partial charge in [0, 0.05) is 44.0 Å². The standard InChI is InChI=1S/C26H24FN5O4/c27-19-11-18-16(13-32(26(18)36)22-1-2-23(33)30-24(22)34)9-17(19)14-4-7-31(8-5-14)25(35)15-10-21-20(29-12-15)3-6-28-21/h3,6,9-12,14,22,28H,1-2,4-5,7-8,13H2,(H,30,33,34). The van der Waals surface area contributed by atoms with Crippen LogP contribution in [0.4, 0.5) is 4.39 Å². The van der Waals surface area contributed by atoms with Crippen LogP contribution < -0.4 is 5.32 Å². The zero-order valence-electron chi connectivity index (χ0n) is 19.4. The zero-order valence-corrected chi connectivity index (χ0v) is 19.4. The summed E-state index contributed by atoms with van der Waals surface area (Å²) in [6, 6.07) is 5.91. The van der Waals surface area contributed by atoms with Crippen LogP contribution in [-0.4, -0.2) is 62.5 Å². The van der Waals surface area contributed by atoms with Gasteiger partial charge >= 0.3 is 0 Å². The van der Waals surface area contributed by atoms with Gasteiger partial charge in [0.15, 0.2) is 0 Å². The smallest absolute Gasteiger partial charge is 0.255 e. The second-order valence-corrected chi connectivity index (χ2v) is 9.63. The summed E-state index contributed by atoms with van der Waals surface area (Å²) in [5, 5.41) is 2.28. The van der Waals surface area contributed by atoms with Gasteiger partial charge in [-0.2, -0.15) is 0 Å². The molecule has 1 atom stereocenters. The third-order valence-electron chi connectivity index (χ3n) is 7.51. The van der Waals surface area contributed by atoms with Crippen LogP contribution in [0.25, 0.3) is 11.0 Å². The summed E-state index contributed by atoms with van der Waals surface area (Å²) in [6.07, 6.45) is 4.99. The summed E-state index contributed by atoms with van der Waals surface area (Å²) in [7, 11) is 0. The van der Waals surface area contributed by atoms with Crippen molar-refractivity contribution in [2.45, 2.75) is 44.2 Å². The number of amides is 4. The average molecular weight is 490 g/mol. The van der Waals surface area contributed by atoms with Gasteiger partial charge in [0.2, 0.25) is 11.8 Å². The minimum Gasteiger partial charge on any atom is -0.360 e. The number of hydrogen-bond donors (Lipinski definition) is 2. The molecule has 2 aromatic heterocycles. The van der Waals surface area contributed by atoms with Gasteiger partial charge in [0.25, 0.3) is 11.8 Å². The van der Waals surface area contributed by atoms with Gasteiger partial charge in [-0.3, -0.25) is 29.5 Å². The summed E-state index contributed by atoms with van der Waals surface area (Å²) in [6.45, 7) is 1.19. The number of nitrogens with zero attached hydrogens (tertiary/aromatic N) is 3. The normalized spacial score (nSPS) is 20.7. The molecule has 3 aliphatic heterocycles. The molecule has 36 heavy (non-hydrogen) atoms. The van der Waals surface area contributed by atoms with E-state index in [9.17, 15) is 19.2 Å². The molecular formula is C26H24FN5O4. The molecular weight excluding hydrogens is 465 g/mol. The van der Waals surface area contributed by atoms with Crippen molar-refractivity contribution < 1.29 is 23.6 Å². The lowest BCUT2D eigenvalue weighted by molar-refractivity contribution is -0.136. The number of carbonyl (C=O) groups excluding carboxylic acids is 4. The van der Waals surface area contributed by atoms with E-state index in [0.29, 0.717) is 42.6 Å². The number of rotatable bonds is 3. The molecule has 3 aliphatic rings. The zero-order chi connectivity index (χ0) is 25.0. The van der Waals surface area contributed by atoms with E-state index in [0.717, 1.165) is 11.0 Å². The van der Waals surface area contributed by atoms with E-state index in [4.69, 9.17) is 0 Å². The molecule has 184 valence electrons. The van der Waals surface area contributed by atoms with Crippen LogP contribution >= 0.6 is 0 Å². The van der Waals surface area contributed by atoms with Crippen molar-refractivity contribution in [3.05, 3.63) is 64.7 Å². The predicted octanol–water partition coefficient (Wildman–Crippen LogP) is 2.48. The molecule has 2 fully saturated rings. The van der Waals surface area contributed by atoms with Crippen molar-refractivity contribution in [2.75, 3.05) is 13.1 Å². The summed E-state index contributed by atoms with van der Waals surface area (Å²) in [5.74, 6) is -1.85. The molecule has 10 heteroatoms. The molecule has 0 aliphatic carbocycles. The van der Waals surface area contributed by atoms with Crippen LogP contribution in [0.2, 0.25) is 0 Å². The Labute approximate surface area is 205 Å². The van der Waals surface area contributed by atoms with Crippen molar-refractivity contribution in [1.29, 1.82) is 0 Å². The topological polar surface area (TPSA) is 115 Å². The quantitative estimate of drug-likeness (QED) is 0.549. The minimum atomic E-state index is -0.733. The summed E-state index contributed by atoms with van der Waals surface area (Å²) >= 11 is 0. The molecule has 0 radical (unpaired) electrons. The average Bonchev–Trinajstić information content (AvgIpc) is 3.47. The Bertz CT molecular complexity index is 1420. The molecule has 2 saturated heterocycles. The van der Waals surface area contributed by atoms with Crippen molar-refractivity contribution in [3.8, 4) is 0 Å². The largest absolute Gasteiger partial charge is 0.360 e. The lowest BCUT2D eigenvalue weighted by atomic mass is 9.87. The Morgan fingerprint density at radius 3 is 2.67 bits per heavy atom. The van der Waals surface area contributed by atoms with Crippen LogP contribution in [0.1, 0.15) is 63.4 Å². The number of likely N-dealkylation sites (tertiary alicyclic amines) is 1. The van der Waals surface area contributed by atoms with E-state index in [2.05, 4.69) is 15.3 Å². The second-order valence-electron chi connectivity index (χ2n) is 9.63. The molecule has 3 aromatic rings. The molecule has 0 saturated carbocycles. The monoisotopic (exact) mass is 489 g/mol. The first kappa shape index (κ1) is 22.4. The number of carbonyl (C=O) groups is 4. The number of benzene rings is 1. The van der Waals surface area contributed by atoms with Crippen LogP contribution in [0.3, 0.4) is 0 Å². The second kappa shape index (κ2) is 8.54. The highest BCUT2D eigenvalue weighted by atomic mass is 19.1. The molecule has 6 rings (SSSR count). The third kappa shape index (κ3) is 3.73. The SMILES string of the molecule is O=C1CCC(N2Cc3cc(C4CCN(C(=O)c5cnc6cc[nH]c6c5)CC4)c(F)cc3C2=O)C(=O)N1. The van der Waals surface area contributed by atoms with E-state index >= 15 is 4.39 Å². The molecule has 9 nitrogen and oxygen atoms in total. The number of imide groups is 1. The highest BCUT2D eigenvalue weighted by Gasteiger charge is 2.40. The van der Waals surface area contributed by atoms with Gasteiger partial charge in [-0.1, -0.05) is 6.07 Å². The van der Waals surface area contributed by atoms with E-state index in [1.165, 1.54) is 11.0 Å². The fraction of sp³-hybridized carbons (Fsp3) is 0.346. The van der Waals surface area contributed by atoms with Crippen LogP contribution in [0.5, 0.6) is 0 Å². The van der Waals surface area contributed by atoms with Gasteiger partial charge in [0.05, 0.1) is 16.6 Å². The van der Waals surface area contributed by atoms with E-state index < -0.39 is 23.7 Å². The molecule has 0 spiro atoms.